The lowest BCUT2D eigenvalue weighted by Gasteiger charge is -2.26. The number of fused-ring (bicyclic) bond motifs is 7. The molecule has 6 heteroatoms. The van der Waals surface area contributed by atoms with Gasteiger partial charge in [-0.3, -0.25) is 14.9 Å². The summed E-state index contributed by atoms with van der Waals surface area (Å²) in [6.07, 6.45) is 3.58. The van der Waals surface area contributed by atoms with Crippen LogP contribution in [0.2, 0.25) is 0 Å². The van der Waals surface area contributed by atoms with E-state index in [4.69, 9.17) is 4.99 Å². The topological polar surface area (TPSA) is 41.1 Å². The SMILES string of the molecule is C=CN(C=NC)c1ccc2c(c1)c1ccc3c4cc(C(=NC)N(c5ccccc5)c5ccccc5)ccc4n(-c4ccccc4)c3c1n2-c1ccccc1. The molecule has 0 aliphatic rings. The molecular formula is C48H38N6. The first-order chi connectivity index (χ1) is 26.7. The Kier molecular flexibility index (Phi) is 8.33. The number of amidine groups is 1. The molecule has 6 nitrogen and oxygen atoms in total. The average Bonchev–Trinajstić information content (AvgIpc) is 3.75. The first kappa shape index (κ1) is 32.7. The van der Waals surface area contributed by atoms with E-state index in [0.717, 1.165) is 83.4 Å². The van der Waals surface area contributed by atoms with Crippen molar-refractivity contribution in [2.75, 3.05) is 23.9 Å². The molecule has 2 aromatic heterocycles. The highest BCUT2D eigenvalue weighted by Crippen LogP contribution is 2.43. The third kappa shape index (κ3) is 5.35. The number of nitrogens with zero attached hydrogens (tertiary/aromatic N) is 6. The van der Waals surface area contributed by atoms with Crippen molar-refractivity contribution in [2.24, 2.45) is 9.98 Å². The van der Waals surface area contributed by atoms with Crippen molar-refractivity contribution in [2.45, 2.75) is 0 Å². The predicted molar refractivity (Wildman–Crippen MR) is 230 cm³/mol. The fraction of sp³-hybridized carbons (Fsp3) is 0.0417. The van der Waals surface area contributed by atoms with E-state index in [9.17, 15) is 0 Å². The van der Waals surface area contributed by atoms with Gasteiger partial charge in [0.2, 0.25) is 0 Å². The van der Waals surface area contributed by atoms with Crippen LogP contribution in [0.15, 0.2) is 193 Å². The van der Waals surface area contributed by atoms with Gasteiger partial charge in [-0.15, -0.1) is 0 Å². The largest absolute Gasteiger partial charge is 0.309 e. The Morgan fingerprint density at radius 1 is 0.519 bits per heavy atom. The molecule has 7 aromatic carbocycles. The molecule has 0 saturated heterocycles. The maximum Gasteiger partial charge on any atom is 0.139 e. The van der Waals surface area contributed by atoms with Crippen molar-refractivity contribution in [3.8, 4) is 11.4 Å². The zero-order chi connectivity index (χ0) is 36.6. The fourth-order valence-electron chi connectivity index (χ4n) is 7.83. The zero-order valence-electron chi connectivity index (χ0n) is 30.2. The van der Waals surface area contributed by atoms with Crippen LogP contribution in [-0.4, -0.2) is 35.4 Å². The molecular weight excluding hydrogens is 661 g/mol. The average molecular weight is 699 g/mol. The molecule has 0 spiro atoms. The molecule has 2 heterocycles. The van der Waals surface area contributed by atoms with Gasteiger partial charge < -0.3 is 14.0 Å². The summed E-state index contributed by atoms with van der Waals surface area (Å²) in [6, 6.07) is 60.2. The molecule has 0 bridgehead atoms. The number of para-hydroxylation sites is 4. The van der Waals surface area contributed by atoms with E-state index >= 15 is 0 Å². The molecule has 0 aliphatic heterocycles. The lowest BCUT2D eigenvalue weighted by Crippen LogP contribution is -2.27. The van der Waals surface area contributed by atoms with Crippen molar-refractivity contribution in [3.05, 3.63) is 188 Å². The Morgan fingerprint density at radius 3 is 1.48 bits per heavy atom. The van der Waals surface area contributed by atoms with Crippen molar-refractivity contribution < 1.29 is 0 Å². The van der Waals surface area contributed by atoms with Crippen LogP contribution in [-0.2, 0) is 0 Å². The molecule has 9 rings (SSSR count). The van der Waals surface area contributed by atoms with Crippen LogP contribution in [0.1, 0.15) is 5.56 Å². The van der Waals surface area contributed by atoms with Crippen molar-refractivity contribution in [1.29, 1.82) is 0 Å². The predicted octanol–water partition coefficient (Wildman–Crippen LogP) is 11.7. The number of hydrogen-bond donors (Lipinski definition) is 0. The maximum absolute atomic E-state index is 4.95. The zero-order valence-corrected chi connectivity index (χ0v) is 30.2. The van der Waals surface area contributed by atoms with Crippen LogP contribution >= 0.6 is 0 Å². The Bertz CT molecular complexity index is 2810. The number of aliphatic imine (C=N–C) groups is 2. The van der Waals surface area contributed by atoms with Gasteiger partial charge in [-0.2, -0.15) is 0 Å². The van der Waals surface area contributed by atoms with Gasteiger partial charge >= 0.3 is 0 Å². The van der Waals surface area contributed by atoms with Crippen LogP contribution in [0, 0.1) is 0 Å². The van der Waals surface area contributed by atoms with Gasteiger partial charge in [-0.05, 0) is 84.9 Å². The summed E-state index contributed by atoms with van der Waals surface area (Å²) in [5, 5.41) is 4.63. The molecule has 0 N–H and O–H groups in total. The molecule has 0 unspecified atom stereocenters. The number of anilines is 3. The quantitative estimate of drug-likeness (QED) is 0.117. The highest BCUT2D eigenvalue weighted by molar-refractivity contribution is 6.25. The fourth-order valence-corrected chi connectivity index (χ4v) is 7.83. The van der Waals surface area contributed by atoms with Gasteiger partial charge in [0.25, 0.3) is 0 Å². The second-order valence-corrected chi connectivity index (χ2v) is 13.2. The van der Waals surface area contributed by atoms with E-state index in [1.807, 2.05) is 24.1 Å². The van der Waals surface area contributed by atoms with Crippen LogP contribution in [0.5, 0.6) is 0 Å². The summed E-state index contributed by atoms with van der Waals surface area (Å²) in [4.78, 5) is 13.4. The van der Waals surface area contributed by atoms with Gasteiger partial charge in [-0.25, -0.2) is 0 Å². The third-order valence-corrected chi connectivity index (χ3v) is 10.1. The lowest BCUT2D eigenvalue weighted by molar-refractivity contribution is 1.15. The smallest absolute Gasteiger partial charge is 0.139 e. The molecule has 9 aromatic rings. The first-order valence-corrected chi connectivity index (χ1v) is 18.1. The van der Waals surface area contributed by atoms with E-state index in [-0.39, 0.29) is 0 Å². The Hall–Kier alpha value is -7.18. The first-order valence-electron chi connectivity index (χ1n) is 18.1. The summed E-state index contributed by atoms with van der Waals surface area (Å²) >= 11 is 0. The molecule has 0 saturated carbocycles. The molecule has 0 radical (unpaired) electrons. The summed E-state index contributed by atoms with van der Waals surface area (Å²) < 4.78 is 4.83. The lowest BCUT2D eigenvalue weighted by atomic mass is 10.1. The van der Waals surface area contributed by atoms with Gasteiger partial charge in [0, 0.05) is 75.8 Å². The third-order valence-electron chi connectivity index (χ3n) is 10.1. The van der Waals surface area contributed by atoms with E-state index in [1.54, 1.807) is 19.6 Å². The summed E-state index contributed by atoms with van der Waals surface area (Å²) in [5.74, 6) is 0.865. The second-order valence-electron chi connectivity index (χ2n) is 13.2. The highest BCUT2D eigenvalue weighted by Gasteiger charge is 2.24. The van der Waals surface area contributed by atoms with E-state index in [0.29, 0.717) is 0 Å². The van der Waals surface area contributed by atoms with E-state index < -0.39 is 0 Å². The van der Waals surface area contributed by atoms with Crippen molar-refractivity contribution in [3.63, 3.8) is 0 Å². The normalized spacial score (nSPS) is 12.0. The highest BCUT2D eigenvalue weighted by atomic mass is 15.2. The van der Waals surface area contributed by atoms with E-state index in [1.165, 1.54) is 0 Å². The number of aromatic nitrogens is 2. The molecule has 260 valence electrons. The van der Waals surface area contributed by atoms with Gasteiger partial charge in [0.05, 0.1) is 28.4 Å². The van der Waals surface area contributed by atoms with Crippen LogP contribution in [0.4, 0.5) is 17.1 Å². The molecule has 0 atom stereocenters. The molecule has 0 aliphatic carbocycles. The van der Waals surface area contributed by atoms with Crippen LogP contribution in [0.3, 0.4) is 0 Å². The minimum Gasteiger partial charge on any atom is -0.309 e. The summed E-state index contributed by atoms with van der Waals surface area (Å²) in [5.41, 5.74) is 10.8. The number of rotatable bonds is 8. The van der Waals surface area contributed by atoms with Gasteiger partial charge in [0.1, 0.15) is 5.84 Å². The number of benzene rings is 7. The maximum atomic E-state index is 4.95. The second kappa shape index (κ2) is 13.7. The van der Waals surface area contributed by atoms with Crippen LogP contribution < -0.4 is 9.80 Å². The molecule has 0 amide bonds. The van der Waals surface area contributed by atoms with Crippen molar-refractivity contribution >= 4 is 72.8 Å². The summed E-state index contributed by atoms with van der Waals surface area (Å²) in [6.45, 7) is 4.05. The van der Waals surface area contributed by atoms with E-state index in [2.05, 4.69) is 183 Å². The Balaban J connectivity index is 1.38. The minimum atomic E-state index is 0.865. The Labute approximate surface area is 314 Å². The Morgan fingerprint density at radius 2 is 1.00 bits per heavy atom. The summed E-state index contributed by atoms with van der Waals surface area (Å²) in [7, 11) is 3.65. The number of hydrogen-bond acceptors (Lipinski definition) is 2. The molecule has 54 heavy (non-hydrogen) atoms. The van der Waals surface area contributed by atoms with Crippen molar-refractivity contribution in [1.82, 2.24) is 9.13 Å². The molecule has 0 fully saturated rings. The monoisotopic (exact) mass is 698 g/mol. The van der Waals surface area contributed by atoms with Gasteiger partial charge in [-0.1, -0.05) is 91.5 Å². The van der Waals surface area contributed by atoms with Crippen LogP contribution in [0.25, 0.3) is 55.0 Å². The minimum absolute atomic E-state index is 0.865. The standard InChI is InChI=1S/C48H38N6/c1-4-51(33-49-2)39-26-30-45-43(32-39)41-28-27-40-42-31-34(48(50-3)52(35-17-9-5-10-18-35)36-19-11-6-12-20-36)25-29-44(42)53(37-21-13-7-14-22-37)46(40)47(41)54(45)38-23-15-8-16-24-38/h4-33H,1H2,2-3H3. The van der Waals surface area contributed by atoms with Gasteiger partial charge in [0.15, 0.2) is 0 Å².